The number of anilines is 1. The minimum atomic E-state index is -0.201. The number of carbonyl (C=O) groups is 1. The molecule has 2 aromatic rings. The maximum absolute atomic E-state index is 12.0. The van der Waals surface area contributed by atoms with E-state index in [1.807, 2.05) is 26.0 Å². The molecule has 2 N–H and O–H groups in total. The third-order valence-electron chi connectivity index (χ3n) is 3.25. The van der Waals surface area contributed by atoms with Gasteiger partial charge in [0.2, 0.25) is 0 Å². The Morgan fingerprint density at radius 3 is 2.86 bits per heavy atom. The Bertz CT molecular complexity index is 629. The number of amides is 2. The maximum atomic E-state index is 12.0. The number of hydrogen-bond donors (Lipinski definition) is 2. The van der Waals surface area contributed by atoms with Gasteiger partial charge in [-0.2, -0.15) is 11.8 Å². The summed E-state index contributed by atoms with van der Waals surface area (Å²) in [6, 6.07) is 3.64. The molecule has 0 saturated carbocycles. The summed E-state index contributed by atoms with van der Waals surface area (Å²) < 4.78 is 1.56. The van der Waals surface area contributed by atoms with E-state index in [2.05, 4.69) is 33.1 Å². The third-order valence-corrected chi connectivity index (χ3v) is 4.15. The Morgan fingerprint density at radius 2 is 2.18 bits per heavy atom. The summed E-state index contributed by atoms with van der Waals surface area (Å²) in [4.78, 5) is 12.0. The van der Waals surface area contributed by atoms with E-state index in [-0.39, 0.29) is 6.03 Å². The smallest absolute Gasteiger partial charge is 0.319 e. The van der Waals surface area contributed by atoms with E-state index in [0.717, 1.165) is 34.0 Å². The molecule has 0 fully saturated rings. The van der Waals surface area contributed by atoms with Crippen molar-refractivity contribution in [3.8, 4) is 5.69 Å². The molecule has 0 atom stereocenters. The highest BCUT2D eigenvalue weighted by molar-refractivity contribution is 7.99. The molecule has 2 amide bonds. The fourth-order valence-corrected chi connectivity index (χ4v) is 2.46. The lowest BCUT2D eigenvalue weighted by Gasteiger charge is -2.13. The predicted octanol–water partition coefficient (Wildman–Crippen LogP) is 2.15. The van der Waals surface area contributed by atoms with Gasteiger partial charge in [0.25, 0.3) is 0 Å². The normalized spacial score (nSPS) is 10.5. The number of carbonyl (C=O) groups excluding carboxylic acids is 1. The van der Waals surface area contributed by atoms with Gasteiger partial charge >= 0.3 is 6.03 Å². The molecule has 2 rings (SSSR count). The summed E-state index contributed by atoms with van der Waals surface area (Å²) in [5.74, 6) is 1.96. The number of aryl methyl sites for hydroxylation is 1. The van der Waals surface area contributed by atoms with Crippen molar-refractivity contribution >= 4 is 23.5 Å². The number of tetrazole rings is 1. The van der Waals surface area contributed by atoms with Gasteiger partial charge in [-0.3, -0.25) is 0 Å². The number of hydrogen-bond acceptors (Lipinski definition) is 5. The van der Waals surface area contributed by atoms with Crippen molar-refractivity contribution in [3.63, 3.8) is 0 Å². The molecular formula is C14H20N6OS. The molecule has 0 aliphatic carbocycles. The van der Waals surface area contributed by atoms with Crippen LogP contribution in [0.2, 0.25) is 0 Å². The van der Waals surface area contributed by atoms with Crippen LogP contribution in [0.15, 0.2) is 18.5 Å². The van der Waals surface area contributed by atoms with Crippen molar-refractivity contribution in [2.75, 3.05) is 23.4 Å². The van der Waals surface area contributed by atoms with E-state index >= 15 is 0 Å². The quantitative estimate of drug-likeness (QED) is 0.797. The van der Waals surface area contributed by atoms with Gasteiger partial charge < -0.3 is 10.6 Å². The molecule has 0 saturated heterocycles. The van der Waals surface area contributed by atoms with Gasteiger partial charge in [-0.1, -0.05) is 6.92 Å². The van der Waals surface area contributed by atoms with Crippen LogP contribution >= 0.6 is 11.8 Å². The fraction of sp³-hybridized carbons (Fsp3) is 0.429. The monoisotopic (exact) mass is 320 g/mol. The van der Waals surface area contributed by atoms with Gasteiger partial charge in [-0.15, -0.1) is 5.10 Å². The van der Waals surface area contributed by atoms with Gasteiger partial charge in [0.05, 0.1) is 5.69 Å². The maximum Gasteiger partial charge on any atom is 0.319 e. The lowest BCUT2D eigenvalue weighted by atomic mass is 10.1. The standard InChI is InChI=1S/C14H20N6OS/c1-4-22-6-5-15-14(21)17-13-8-12(7-10(2)11(13)3)20-9-16-18-19-20/h7-9H,4-6H2,1-3H3,(H2,15,17,21). The largest absolute Gasteiger partial charge is 0.337 e. The number of benzene rings is 1. The minimum Gasteiger partial charge on any atom is -0.337 e. The summed E-state index contributed by atoms with van der Waals surface area (Å²) in [6.45, 7) is 6.71. The van der Waals surface area contributed by atoms with E-state index in [1.165, 1.54) is 6.33 Å². The molecule has 22 heavy (non-hydrogen) atoms. The van der Waals surface area contributed by atoms with E-state index in [4.69, 9.17) is 0 Å². The van der Waals surface area contributed by atoms with E-state index in [0.29, 0.717) is 6.54 Å². The van der Waals surface area contributed by atoms with Crippen LogP contribution in [-0.2, 0) is 0 Å². The Kier molecular flexibility index (Phi) is 5.76. The molecule has 0 aliphatic rings. The highest BCUT2D eigenvalue weighted by atomic mass is 32.2. The number of rotatable bonds is 6. The second kappa shape index (κ2) is 7.79. The van der Waals surface area contributed by atoms with Crippen molar-refractivity contribution in [3.05, 3.63) is 29.6 Å². The van der Waals surface area contributed by atoms with Gasteiger partial charge in [0, 0.05) is 18.0 Å². The summed E-state index contributed by atoms with van der Waals surface area (Å²) >= 11 is 1.79. The van der Waals surface area contributed by atoms with Crippen LogP contribution in [0.1, 0.15) is 18.1 Å². The van der Waals surface area contributed by atoms with Crippen LogP contribution in [0.3, 0.4) is 0 Å². The van der Waals surface area contributed by atoms with Crippen molar-refractivity contribution < 1.29 is 4.79 Å². The van der Waals surface area contributed by atoms with E-state index < -0.39 is 0 Å². The Morgan fingerprint density at radius 1 is 1.36 bits per heavy atom. The zero-order valence-electron chi connectivity index (χ0n) is 13.0. The summed E-state index contributed by atoms with van der Waals surface area (Å²) in [5.41, 5.74) is 3.65. The first kappa shape index (κ1) is 16.3. The first-order valence-corrected chi connectivity index (χ1v) is 8.24. The number of urea groups is 1. The second-order valence-corrected chi connectivity index (χ2v) is 6.16. The van der Waals surface area contributed by atoms with Gasteiger partial charge in [0.15, 0.2) is 0 Å². The molecule has 8 heteroatoms. The molecule has 7 nitrogen and oxygen atoms in total. The molecule has 0 bridgehead atoms. The Labute approximate surface area is 133 Å². The number of thioether (sulfide) groups is 1. The van der Waals surface area contributed by atoms with Crippen molar-refractivity contribution in [1.29, 1.82) is 0 Å². The zero-order chi connectivity index (χ0) is 15.9. The summed E-state index contributed by atoms with van der Waals surface area (Å²) in [7, 11) is 0. The highest BCUT2D eigenvalue weighted by Gasteiger charge is 2.09. The fourth-order valence-electron chi connectivity index (χ4n) is 1.93. The molecule has 118 valence electrons. The van der Waals surface area contributed by atoms with Gasteiger partial charge in [0.1, 0.15) is 6.33 Å². The molecule has 0 aliphatic heterocycles. The number of nitrogens with zero attached hydrogens (tertiary/aromatic N) is 4. The molecule has 1 heterocycles. The van der Waals surface area contributed by atoms with Crippen molar-refractivity contribution in [2.45, 2.75) is 20.8 Å². The summed E-state index contributed by atoms with van der Waals surface area (Å²) in [6.07, 6.45) is 1.52. The average molecular weight is 320 g/mol. The van der Waals surface area contributed by atoms with Crippen LogP contribution < -0.4 is 10.6 Å². The third kappa shape index (κ3) is 4.20. The summed E-state index contributed by atoms with van der Waals surface area (Å²) in [5, 5.41) is 16.9. The molecule has 1 aromatic carbocycles. The van der Waals surface area contributed by atoms with Crippen LogP contribution in [0.25, 0.3) is 5.69 Å². The van der Waals surface area contributed by atoms with E-state index in [1.54, 1.807) is 16.4 Å². The minimum absolute atomic E-state index is 0.201. The first-order chi connectivity index (χ1) is 10.6. The molecule has 0 spiro atoms. The van der Waals surface area contributed by atoms with Crippen LogP contribution in [0, 0.1) is 13.8 Å². The highest BCUT2D eigenvalue weighted by Crippen LogP contribution is 2.23. The van der Waals surface area contributed by atoms with Gasteiger partial charge in [-0.05, 0) is 53.3 Å². The molecule has 0 radical (unpaired) electrons. The SMILES string of the molecule is CCSCCNC(=O)Nc1cc(-n2cnnn2)cc(C)c1C. The van der Waals surface area contributed by atoms with Crippen LogP contribution in [0.5, 0.6) is 0 Å². The Hall–Kier alpha value is -2.09. The van der Waals surface area contributed by atoms with Crippen molar-refractivity contribution in [2.24, 2.45) is 0 Å². The van der Waals surface area contributed by atoms with Gasteiger partial charge in [-0.25, -0.2) is 9.48 Å². The van der Waals surface area contributed by atoms with Crippen LogP contribution in [0.4, 0.5) is 10.5 Å². The lowest BCUT2D eigenvalue weighted by molar-refractivity contribution is 0.252. The lowest BCUT2D eigenvalue weighted by Crippen LogP contribution is -2.31. The van der Waals surface area contributed by atoms with Crippen molar-refractivity contribution in [1.82, 2.24) is 25.5 Å². The predicted molar refractivity (Wildman–Crippen MR) is 88.6 cm³/mol. The second-order valence-electron chi connectivity index (χ2n) is 4.77. The average Bonchev–Trinajstić information content (AvgIpc) is 3.02. The molecular weight excluding hydrogens is 300 g/mol. The van der Waals surface area contributed by atoms with E-state index in [9.17, 15) is 4.79 Å². The molecule has 0 unspecified atom stereocenters. The van der Waals surface area contributed by atoms with Crippen LogP contribution in [-0.4, -0.2) is 44.3 Å². The molecule has 1 aromatic heterocycles. The zero-order valence-corrected chi connectivity index (χ0v) is 13.8. The topological polar surface area (TPSA) is 84.7 Å². The first-order valence-electron chi connectivity index (χ1n) is 7.09. The number of aromatic nitrogens is 4. The number of nitrogens with one attached hydrogen (secondary N) is 2. The Balaban J connectivity index is 2.08.